The first-order valence-electron chi connectivity index (χ1n) is 7.39. The molecule has 0 bridgehead atoms. The molecule has 1 saturated carbocycles. The van der Waals surface area contributed by atoms with Crippen LogP contribution in [0.4, 0.5) is 0 Å². The Balaban J connectivity index is 1.69. The maximum Gasteiger partial charge on any atom is 0.188 e. The van der Waals surface area contributed by atoms with Gasteiger partial charge in [-0.3, -0.25) is 4.99 Å². The highest BCUT2D eigenvalue weighted by Crippen LogP contribution is 2.26. The average Bonchev–Trinajstić information content (AvgIpc) is 2.43. The smallest absolute Gasteiger partial charge is 0.188 e. The second-order valence-corrected chi connectivity index (χ2v) is 7.54. The molecule has 1 aromatic carbocycles. The van der Waals surface area contributed by atoms with Crippen LogP contribution in [-0.4, -0.2) is 33.2 Å². The number of nitrogens with one attached hydrogen (secondary N) is 1. The molecule has 0 aromatic heterocycles. The van der Waals surface area contributed by atoms with Gasteiger partial charge in [-0.2, -0.15) is 0 Å². The van der Waals surface area contributed by atoms with Crippen LogP contribution in [0.15, 0.2) is 40.2 Å². The molecule has 1 fully saturated rings. The molecule has 0 heterocycles. The summed E-state index contributed by atoms with van der Waals surface area (Å²) in [5.74, 6) is 1.21. The van der Waals surface area contributed by atoms with E-state index in [9.17, 15) is 8.42 Å². The van der Waals surface area contributed by atoms with E-state index in [0.717, 1.165) is 6.54 Å². The number of guanidine groups is 1. The molecule has 0 radical (unpaired) electrons. The molecule has 1 aliphatic carbocycles. The summed E-state index contributed by atoms with van der Waals surface area (Å²) in [6, 6.07) is 8.51. The summed E-state index contributed by atoms with van der Waals surface area (Å²) in [5, 5.41) is 2.97. The Labute approximate surface area is 126 Å². The minimum absolute atomic E-state index is 0.111. The fourth-order valence-electron chi connectivity index (χ4n) is 2.18. The van der Waals surface area contributed by atoms with Crippen molar-refractivity contribution < 1.29 is 8.42 Å². The molecule has 2 rings (SSSR count). The SMILES string of the molecule is NC(=NCC1CCC1)NCCCS(=O)(=O)c1ccccc1. The van der Waals surface area contributed by atoms with Crippen molar-refractivity contribution in [3.05, 3.63) is 30.3 Å². The Bertz CT molecular complexity index is 566. The lowest BCUT2D eigenvalue weighted by molar-refractivity contribution is 0.326. The molecule has 0 unspecified atom stereocenters. The summed E-state index contributed by atoms with van der Waals surface area (Å²) in [5.41, 5.74) is 5.75. The largest absolute Gasteiger partial charge is 0.370 e. The van der Waals surface area contributed by atoms with E-state index in [1.165, 1.54) is 19.3 Å². The van der Waals surface area contributed by atoms with E-state index >= 15 is 0 Å². The lowest BCUT2D eigenvalue weighted by atomic mass is 9.86. The number of hydrogen-bond donors (Lipinski definition) is 2. The third kappa shape index (κ3) is 5.04. The number of benzene rings is 1. The third-order valence-corrected chi connectivity index (χ3v) is 5.56. The minimum Gasteiger partial charge on any atom is -0.370 e. The van der Waals surface area contributed by atoms with Gasteiger partial charge in [0.05, 0.1) is 10.6 Å². The minimum atomic E-state index is -3.20. The molecule has 6 heteroatoms. The maximum absolute atomic E-state index is 12.0. The van der Waals surface area contributed by atoms with Gasteiger partial charge in [-0.05, 0) is 37.3 Å². The molecule has 0 saturated heterocycles. The Morgan fingerprint density at radius 1 is 1.29 bits per heavy atom. The topological polar surface area (TPSA) is 84.5 Å². The van der Waals surface area contributed by atoms with Crippen molar-refractivity contribution >= 4 is 15.8 Å². The highest BCUT2D eigenvalue weighted by atomic mass is 32.2. The van der Waals surface area contributed by atoms with Gasteiger partial charge in [0.1, 0.15) is 0 Å². The van der Waals surface area contributed by atoms with Gasteiger partial charge in [0.2, 0.25) is 0 Å². The van der Waals surface area contributed by atoms with Crippen LogP contribution in [0.1, 0.15) is 25.7 Å². The predicted octanol–water partition coefficient (Wildman–Crippen LogP) is 1.55. The van der Waals surface area contributed by atoms with Gasteiger partial charge in [-0.25, -0.2) is 8.42 Å². The van der Waals surface area contributed by atoms with Crippen LogP contribution in [-0.2, 0) is 9.84 Å². The van der Waals surface area contributed by atoms with Crippen molar-refractivity contribution in [1.29, 1.82) is 0 Å². The normalized spacial score (nSPS) is 16.5. The summed E-state index contributed by atoms with van der Waals surface area (Å²) < 4.78 is 24.1. The van der Waals surface area contributed by atoms with Gasteiger partial charge in [0, 0.05) is 13.1 Å². The molecule has 116 valence electrons. The van der Waals surface area contributed by atoms with Crippen LogP contribution in [0.2, 0.25) is 0 Å². The van der Waals surface area contributed by atoms with Gasteiger partial charge in [0.25, 0.3) is 0 Å². The molecule has 3 N–H and O–H groups in total. The zero-order valence-electron chi connectivity index (χ0n) is 12.2. The van der Waals surface area contributed by atoms with Crippen molar-refractivity contribution in [3.8, 4) is 0 Å². The lowest BCUT2D eigenvalue weighted by Gasteiger charge is -2.23. The molecule has 21 heavy (non-hydrogen) atoms. The van der Waals surface area contributed by atoms with Gasteiger partial charge in [0.15, 0.2) is 15.8 Å². The van der Waals surface area contributed by atoms with Gasteiger partial charge in [-0.1, -0.05) is 24.6 Å². The van der Waals surface area contributed by atoms with Crippen LogP contribution in [0.3, 0.4) is 0 Å². The molecule has 0 amide bonds. The van der Waals surface area contributed by atoms with Crippen LogP contribution in [0.5, 0.6) is 0 Å². The monoisotopic (exact) mass is 309 g/mol. The maximum atomic E-state index is 12.0. The van der Waals surface area contributed by atoms with E-state index in [1.807, 2.05) is 0 Å². The van der Waals surface area contributed by atoms with Crippen molar-refractivity contribution in [3.63, 3.8) is 0 Å². The summed E-state index contributed by atoms with van der Waals surface area (Å²) in [6.45, 7) is 1.30. The molecular formula is C15H23N3O2S. The number of rotatable bonds is 7. The van der Waals surface area contributed by atoms with E-state index in [0.29, 0.717) is 29.7 Å². The summed E-state index contributed by atoms with van der Waals surface area (Å²) in [4.78, 5) is 4.64. The van der Waals surface area contributed by atoms with Gasteiger partial charge < -0.3 is 11.1 Å². The Kier molecular flexibility index (Phi) is 5.61. The Morgan fingerprint density at radius 2 is 2.00 bits per heavy atom. The first-order valence-corrected chi connectivity index (χ1v) is 9.05. The molecule has 5 nitrogen and oxygen atoms in total. The molecule has 0 atom stereocenters. The van der Waals surface area contributed by atoms with E-state index in [2.05, 4.69) is 10.3 Å². The van der Waals surface area contributed by atoms with E-state index in [4.69, 9.17) is 5.73 Å². The Morgan fingerprint density at radius 3 is 2.62 bits per heavy atom. The summed E-state index contributed by atoms with van der Waals surface area (Å²) in [6.07, 6.45) is 4.29. The summed E-state index contributed by atoms with van der Waals surface area (Å²) in [7, 11) is -3.20. The highest BCUT2D eigenvalue weighted by molar-refractivity contribution is 7.91. The zero-order chi connectivity index (χ0) is 15.1. The van der Waals surface area contributed by atoms with Crippen LogP contribution in [0.25, 0.3) is 0 Å². The third-order valence-electron chi connectivity index (χ3n) is 3.74. The molecule has 0 spiro atoms. The fraction of sp³-hybridized carbons (Fsp3) is 0.533. The number of aliphatic imine (C=N–C) groups is 1. The standard InChI is InChI=1S/C15H23N3O2S/c16-15(18-12-13-6-4-7-13)17-10-5-11-21(19,20)14-8-2-1-3-9-14/h1-3,8-9,13H,4-7,10-12H2,(H3,16,17,18). The summed E-state index contributed by atoms with van der Waals surface area (Å²) >= 11 is 0. The molecule has 1 aliphatic rings. The first kappa shape index (κ1) is 15.8. The fourth-order valence-corrected chi connectivity index (χ4v) is 3.51. The van der Waals surface area contributed by atoms with Gasteiger partial charge >= 0.3 is 0 Å². The van der Waals surface area contributed by atoms with Crippen LogP contribution >= 0.6 is 0 Å². The van der Waals surface area contributed by atoms with E-state index in [-0.39, 0.29) is 5.75 Å². The average molecular weight is 309 g/mol. The number of sulfone groups is 1. The second kappa shape index (κ2) is 7.45. The zero-order valence-corrected chi connectivity index (χ0v) is 13.0. The molecule has 1 aromatic rings. The predicted molar refractivity (Wildman–Crippen MR) is 84.9 cm³/mol. The van der Waals surface area contributed by atoms with Crippen LogP contribution in [0, 0.1) is 5.92 Å². The number of nitrogens with zero attached hydrogens (tertiary/aromatic N) is 1. The first-order chi connectivity index (χ1) is 10.1. The second-order valence-electron chi connectivity index (χ2n) is 5.44. The highest BCUT2D eigenvalue weighted by Gasteiger charge is 2.16. The van der Waals surface area contributed by atoms with Crippen LogP contribution < -0.4 is 11.1 Å². The van der Waals surface area contributed by atoms with E-state index in [1.54, 1.807) is 30.3 Å². The number of nitrogens with two attached hydrogens (primary N) is 1. The lowest BCUT2D eigenvalue weighted by Crippen LogP contribution is -2.34. The van der Waals surface area contributed by atoms with Crippen molar-refractivity contribution in [1.82, 2.24) is 5.32 Å². The van der Waals surface area contributed by atoms with Crippen molar-refractivity contribution in [2.75, 3.05) is 18.8 Å². The molecular weight excluding hydrogens is 286 g/mol. The van der Waals surface area contributed by atoms with E-state index < -0.39 is 9.84 Å². The van der Waals surface area contributed by atoms with Crippen molar-refractivity contribution in [2.24, 2.45) is 16.6 Å². The molecule has 0 aliphatic heterocycles. The van der Waals surface area contributed by atoms with Gasteiger partial charge in [-0.15, -0.1) is 0 Å². The van der Waals surface area contributed by atoms with Crippen molar-refractivity contribution in [2.45, 2.75) is 30.6 Å². The number of hydrogen-bond acceptors (Lipinski definition) is 3. The quantitative estimate of drug-likeness (QED) is 0.455. The Hall–Kier alpha value is -1.56.